The maximum absolute atomic E-state index is 13.2. The van der Waals surface area contributed by atoms with E-state index in [0.29, 0.717) is 35.2 Å². The smallest absolute Gasteiger partial charge is 0.327 e. The van der Waals surface area contributed by atoms with Gasteiger partial charge in [-0.25, -0.2) is 14.8 Å². The van der Waals surface area contributed by atoms with Crippen molar-refractivity contribution in [3.05, 3.63) is 67.4 Å². The van der Waals surface area contributed by atoms with Gasteiger partial charge in [-0.05, 0) is 31.0 Å². The molecule has 36 heavy (non-hydrogen) atoms. The largest absolute Gasteiger partial charge is 0.375 e. The van der Waals surface area contributed by atoms with Gasteiger partial charge in [-0.15, -0.1) is 11.3 Å². The van der Waals surface area contributed by atoms with Crippen molar-refractivity contribution in [1.82, 2.24) is 29.8 Å². The summed E-state index contributed by atoms with van der Waals surface area (Å²) in [6, 6.07) is 6.71. The third-order valence-electron chi connectivity index (χ3n) is 7.02. The van der Waals surface area contributed by atoms with Gasteiger partial charge in [-0.2, -0.15) is 0 Å². The Labute approximate surface area is 209 Å². The summed E-state index contributed by atoms with van der Waals surface area (Å²) in [5.74, 6) is 0.518. The molecule has 2 aliphatic heterocycles. The Balaban J connectivity index is 1.18. The lowest BCUT2D eigenvalue weighted by atomic mass is 9.99. The van der Waals surface area contributed by atoms with Gasteiger partial charge in [-0.1, -0.05) is 0 Å². The van der Waals surface area contributed by atoms with E-state index in [4.69, 9.17) is 5.73 Å². The quantitative estimate of drug-likeness (QED) is 0.299. The zero-order valence-corrected chi connectivity index (χ0v) is 20.3. The Kier molecular flexibility index (Phi) is 5.69. The standard InChI is InChI=1S/C24H26N8O3S/c25-23-28-15-3-7-26-16(21(15)36-23)12-18(33)13-10-19(29-20(34)11-13)31-8-4-14(5-9-31)32-17-2-1-6-27-22(17)30-24(32)35/h1-2,6,10-11,14,16,26H,3-5,7-9,12H2,(H2,25,28)(H,29,34)(H,27,30,35). The number of aromatic amines is 2. The lowest BCUT2D eigenvalue weighted by Gasteiger charge is -2.33. The number of aromatic nitrogens is 5. The van der Waals surface area contributed by atoms with Crippen LogP contribution in [0.4, 0.5) is 10.9 Å². The molecule has 0 aromatic carbocycles. The average Bonchev–Trinajstić information content (AvgIpc) is 3.42. The number of pyridine rings is 2. The van der Waals surface area contributed by atoms with Crippen molar-refractivity contribution in [3.8, 4) is 0 Å². The van der Waals surface area contributed by atoms with E-state index in [1.165, 1.54) is 17.4 Å². The molecule has 6 heterocycles. The van der Waals surface area contributed by atoms with E-state index >= 15 is 0 Å². The van der Waals surface area contributed by atoms with Crippen molar-refractivity contribution in [3.63, 3.8) is 0 Å². The zero-order chi connectivity index (χ0) is 24.8. The normalized spacial score (nSPS) is 18.4. The molecule has 0 bridgehead atoms. The van der Waals surface area contributed by atoms with Gasteiger partial charge in [0.15, 0.2) is 16.6 Å². The fraction of sp³-hybridized carbons (Fsp3) is 0.375. The number of anilines is 2. The Morgan fingerprint density at radius 2 is 2.03 bits per heavy atom. The first kappa shape index (κ1) is 22.7. The number of carbonyl (C=O) groups excluding carboxylic acids is 1. The van der Waals surface area contributed by atoms with Gasteiger partial charge in [0.1, 0.15) is 5.82 Å². The van der Waals surface area contributed by atoms with Crippen LogP contribution in [0.5, 0.6) is 0 Å². The van der Waals surface area contributed by atoms with Gasteiger partial charge in [-0.3, -0.25) is 19.1 Å². The Bertz CT molecular complexity index is 1560. The number of nitrogens with zero attached hydrogens (tertiary/aromatic N) is 4. The van der Waals surface area contributed by atoms with Crippen LogP contribution in [0.2, 0.25) is 0 Å². The summed E-state index contributed by atoms with van der Waals surface area (Å²) < 4.78 is 1.78. The van der Waals surface area contributed by atoms with Gasteiger partial charge in [0.25, 0.3) is 0 Å². The Morgan fingerprint density at radius 1 is 1.19 bits per heavy atom. The first-order valence-corrected chi connectivity index (χ1v) is 12.8. The van der Waals surface area contributed by atoms with Crippen LogP contribution in [-0.2, 0) is 6.42 Å². The molecule has 4 aromatic heterocycles. The number of hydrogen-bond donors (Lipinski definition) is 4. The number of H-pyrrole nitrogens is 2. The van der Waals surface area contributed by atoms with Gasteiger partial charge < -0.3 is 20.9 Å². The van der Waals surface area contributed by atoms with Gasteiger partial charge in [0, 0.05) is 61.2 Å². The number of ketones is 1. The molecular formula is C24H26N8O3S. The molecular weight excluding hydrogens is 480 g/mol. The van der Waals surface area contributed by atoms with E-state index in [1.807, 2.05) is 12.1 Å². The second-order valence-corrected chi connectivity index (χ2v) is 10.3. The summed E-state index contributed by atoms with van der Waals surface area (Å²) in [6.07, 6.45) is 4.13. The molecule has 1 unspecified atom stereocenters. The van der Waals surface area contributed by atoms with Crippen LogP contribution in [0.25, 0.3) is 11.2 Å². The molecule has 0 saturated carbocycles. The number of carbonyl (C=O) groups is 1. The summed E-state index contributed by atoms with van der Waals surface area (Å²) in [4.78, 5) is 55.6. The number of nitrogen functional groups attached to an aromatic ring is 1. The van der Waals surface area contributed by atoms with Crippen molar-refractivity contribution >= 4 is 39.2 Å². The maximum Gasteiger partial charge on any atom is 0.327 e. The number of nitrogens with one attached hydrogen (secondary N) is 3. The van der Waals surface area contributed by atoms with Crippen molar-refractivity contribution in [2.24, 2.45) is 0 Å². The van der Waals surface area contributed by atoms with Crippen molar-refractivity contribution in [2.45, 2.75) is 37.8 Å². The molecule has 186 valence electrons. The molecule has 4 aromatic rings. The lowest BCUT2D eigenvalue weighted by molar-refractivity contribution is 0.0968. The molecule has 0 spiro atoms. The minimum atomic E-state index is -0.309. The monoisotopic (exact) mass is 506 g/mol. The number of imidazole rings is 1. The van der Waals surface area contributed by atoms with Crippen LogP contribution < -0.4 is 27.2 Å². The number of rotatable bonds is 5. The van der Waals surface area contributed by atoms with Crippen molar-refractivity contribution in [2.75, 3.05) is 30.3 Å². The summed E-state index contributed by atoms with van der Waals surface area (Å²) in [6.45, 7) is 2.02. The molecule has 11 nitrogen and oxygen atoms in total. The predicted molar refractivity (Wildman–Crippen MR) is 138 cm³/mol. The first-order valence-electron chi connectivity index (χ1n) is 12.0. The minimum Gasteiger partial charge on any atom is -0.375 e. The van der Waals surface area contributed by atoms with Crippen LogP contribution in [-0.4, -0.2) is 49.9 Å². The van der Waals surface area contributed by atoms with Crippen LogP contribution in [0.3, 0.4) is 0 Å². The molecule has 0 amide bonds. The van der Waals surface area contributed by atoms with Gasteiger partial charge >= 0.3 is 5.69 Å². The van der Waals surface area contributed by atoms with E-state index in [0.717, 1.165) is 41.9 Å². The Morgan fingerprint density at radius 3 is 2.86 bits per heavy atom. The number of fused-ring (bicyclic) bond motifs is 2. The summed E-state index contributed by atoms with van der Waals surface area (Å²) in [5.41, 5.74) is 8.13. The van der Waals surface area contributed by atoms with E-state index in [9.17, 15) is 14.4 Å². The highest BCUT2D eigenvalue weighted by molar-refractivity contribution is 7.15. The van der Waals surface area contributed by atoms with Crippen molar-refractivity contribution < 1.29 is 4.79 Å². The molecule has 0 aliphatic carbocycles. The second kappa shape index (κ2) is 9.03. The summed E-state index contributed by atoms with van der Waals surface area (Å²) >= 11 is 1.41. The number of piperidine rings is 1. The highest BCUT2D eigenvalue weighted by Crippen LogP contribution is 2.33. The topological polar surface area (TPSA) is 155 Å². The van der Waals surface area contributed by atoms with Crippen molar-refractivity contribution in [1.29, 1.82) is 0 Å². The Hall–Kier alpha value is -3.77. The molecule has 12 heteroatoms. The third-order valence-corrected chi connectivity index (χ3v) is 8.06. The van der Waals surface area contributed by atoms with E-state index in [-0.39, 0.29) is 35.5 Å². The second-order valence-electron chi connectivity index (χ2n) is 9.26. The molecule has 1 fully saturated rings. The van der Waals surface area contributed by atoms with E-state index in [2.05, 4.69) is 30.2 Å². The predicted octanol–water partition coefficient (Wildman–Crippen LogP) is 1.75. The van der Waals surface area contributed by atoms with Crippen LogP contribution in [0.1, 0.15) is 52.3 Å². The SMILES string of the molecule is Nc1nc2c(s1)C(CC(=O)c1cc(N3CCC(n4c(=O)[nH]c5ncccc54)CC3)[nH]c(=O)c1)NCC2. The van der Waals surface area contributed by atoms with Gasteiger partial charge in [0.2, 0.25) is 5.56 Å². The summed E-state index contributed by atoms with van der Waals surface area (Å²) in [5, 5.41) is 3.89. The minimum absolute atomic E-state index is 0.0293. The molecule has 2 aliphatic rings. The number of nitrogens with two attached hydrogens (primary N) is 1. The average molecular weight is 507 g/mol. The lowest BCUT2D eigenvalue weighted by Crippen LogP contribution is -2.38. The highest BCUT2D eigenvalue weighted by atomic mass is 32.1. The third kappa shape index (κ3) is 4.11. The van der Waals surface area contributed by atoms with E-state index in [1.54, 1.807) is 16.8 Å². The number of hydrogen-bond acceptors (Lipinski definition) is 9. The maximum atomic E-state index is 13.2. The van der Waals surface area contributed by atoms with Crippen LogP contribution in [0.15, 0.2) is 40.1 Å². The zero-order valence-electron chi connectivity index (χ0n) is 19.5. The summed E-state index contributed by atoms with van der Waals surface area (Å²) in [7, 11) is 0. The fourth-order valence-electron chi connectivity index (χ4n) is 5.31. The number of thiazole rings is 1. The molecule has 0 radical (unpaired) electrons. The van der Waals surface area contributed by atoms with Gasteiger partial charge in [0.05, 0.1) is 17.3 Å². The van der Waals surface area contributed by atoms with Crippen LogP contribution >= 0.6 is 11.3 Å². The number of Topliss-reactive ketones (excluding diaryl/α,β-unsaturated/α-hetero) is 1. The molecule has 6 rings (SSSR count). The first-order chi connectivity index (χ1) is 17.5. The van der Waals surface area contributed by atoms with Crippen LogP contribution in [0, 0.1) is 0 Å². The fourth-order valence-corrected chi connectivity index (χ4v) is 6.26. The highest BCUT2D eigenvalue weighted by Gasteiger charge is 2.28. The van der Waals surface area contributed by atoms with E-state index < -0.39 is 0 Å². The molecule has 1 saturated heterocycles. The molecule has 1 atom stereocenters. The molecule has 5 N–H and O–H groups in total.